The zero-order valence-corrected chi connectivity index (χ0v) is 10.1. The molecule has 1 atom stereocenters. The van der Waals surface area contributed by atoms with Crippen molar-refractivity contribution in [2.24, 2.45) is 5.92 Å². The number of aliphatic hydroxyl groups excluding tert-OH is 1. The lowest BCUT2D eigenvalue weighted by Crippen LogP contribution is -2.02. The molecule has 15 heavy (non-hydrogen) atoms. The highest BCUT2D eigenvalue weighted by atomic mass is 35.5. The Labute approximate surface area is 95.8 Å². The van der Waals surface area contributed by atoms with Crippen LogP contribution in [0.2, 0.25) is 5.02 Å². The maximum absolute atomic E-state index is 9.88. The summed E-state index contributed by atoms with van der Waals surface area (Å²) >= 11 is 5.97. The van der Waals surface area contributed by atoms with E-state index in [2.05, 4.69) is 13.8 Å². The summed E-state index contributed by atoms with van der Waals surface area (Å²) in [5, 5.41) is 10.4. The quantitative estimate of drug-likeness (QED) is 0.856. The molecule has 0 aliphatic carbocycles. The number of hydrogen-bond donors (Lipinski definition) is 1. The monoisotopic (exact) mass is 228 g/mol. The van der Waals surface area contributed by atoms with Crippen LogP contribution in [0.25, 0.3) is 0 Å². The second-order valence-electron chi connectivity index (χ2n) is 4.04. The molecular weight excluding hydrogens is 212 g/mol. The summed E-state index contributed by atoms with van der Waals surface area (Å²) < 4.78 is 5.05. The fourth-order valence-corrected chi connectivity index (χ4v) is 1.74. The van der Waals surface area contributed by atoms with Gasteiger partial charge >= 0.3 is 0 Å². The van der Waals surface area contributed by atoms with Crippen LogP contribution in [0.1, 0.15) is 31.9 Å². The van der Waals surface area contributed by atoms with Crippen molar-refractivity contribution in [3.63, 3.8) is 0 Å². The van der Waals surface area contributed by atoms with E-state index in [1.165, 1.54) is 0 Å². The van der Waals surface area contributed by atoms with Crippen LogP contribution in [-0.2, 0) is 0 Å². The number of rotatable bonds is 4. The van der Waals surface area contributed by atoms with Gasteiger partial charge in [-0.1, -0.05) is 31.5 Å². The van der Waals surface area contributed by atoms with Crippen molar-refractivity contribution in [3.8, 4) is 5.75 Å². The Hall–Kier alpha value is -0.730. The lowest BCUT2D eigenvalue weighted by atomic mass is 10.00. The Morgan fingerprint density at radius 2 is 2.07 bits per heavy atom. The third kappa shape index (κ3) is 3.40. The minimum absolute atomic E-state index is 0.451. The van der Waals surface area contributed by atoms with E-state index in [1.807, 2.05) is 6.07 Å². The van der Waals surface area contributed by atoms with Gasteiger partial charge in [-0.2, -0.15) is 0 Å². The summed E-state index contributed by atoms with van der Waals surface area (Å²) in [6.07, 6.45) is 0.288. The van der Waals surface area contributed by atoms with Gasteiger partial charge in [-0.05, 0) is 30.0 Å². The number of benzene rings is 1. The summed E-state index contributed by atoms with van der Waals surface area (Å²) in [4.78, 5) is 0. The van der Waals surface area contributed by atoms with E-state index in [0.29, 0.717) is 16.7 Å². The molecule has 1 aromatic carbocycles. The minimum Gasteiger partial charge on any atom is -0.495 e. The van der Waals surface area contributed by atoms with Gasteiger partial charge in [0.25, 0.3) is 0 Å². The zero-order chi connectivity index (χ0) is 11.4. The molecule has 0 heterocycles. The van der Waals surface area contributed by atoms with E-state index < -0.39 is 6.10 Å². The number of halogens is 1. The van der Waals surface area contributed by atoms with Gasteiger partial charge in [0.15, 0.2) is 0 Å². The maximum atomic E-state index is 9.88. The van der Waals surface area contributed by atoms with Crippen LogP contribution in [0.4, 0.5) is 0 Å². The van der Waals surface area contributed by atoms with E-state index in [4.69, 9.17) is 16.3 Å². The van der Waals surface area contributed by atoms with Crippen LogP contribution in [0.3, 0.4) is 0 Å². The smallest absolute Gasteiger partial charge is 0.137 e. The van der Waals surface area contributed by atoms with Crippen molar-refractivity contribution in [2.75, 3.05) is 7.11 Å². The van der Waals surface area contributed by atoms with Crippen LogP contribution in [0.15, 0.2) is 18.2 Å². The maximum Gasteiger partial charge on any atom is 0.137 e. The predicted octanol–water partition coefficient (Wildman–Crippen LogP) is 3.43. The van der Waals surface area contributed by atoms with Crippen LogP contribution in [0.5, 0.6) is 5.75 Å². The topological polar surface area (TPSA) is 29.5 Å². The lowest BCUT2D eigenvalue weighted by Gasteiger charge is -2.14. The summed E-state index contributed by atoms with van der Waals surface area (Å²) in [6, 6.07) is 5.38. The summed E-state index contributed by atoms with van der Waals surface area (Å²) in [5.41, 5.74) is 0.842. The van der Waals surface area contributed by atoms with Crippen LogP contribution in [0, 0.1) is 5.92 Å². The molecule has 0 amide bonds. The first-order valence-corrected chi connectivity index (χ1v) is 5.44. The molecule has 0 saturated carbocycles. The first kappa shape index (κ1) is 12.3. The van der Waals surface area contributed by atoms with Gasteiger partial charge in [-0.3, -0.25) is 0 Å². The second kappa shape index (κ2) is 5.38. The molecule has 0 aliphatic heterocycles. The van der Waals surface area contributed by atoms with E-state index in [-0.39, 0.29) is 0 Å². The molecule has 1 N–H and O–H groups in total. The van der Waals surface area contributed by atoms with Crippen molar-refractivity contribution < 1.29 is 9.84 Å². The van der Waals surface area contributed by atoms with Crippen molar-refractivity contribution in [1.29, 1.82) is 0 Å². The van der Waals surface area contributed by atoms with E-state index >= 15 is 0 Å². The van der Waals surface area contributed by atoms with E-state index in [1.54, 1.807) is 19.2 Å². The molecule has 1 aromatic rings. The van der Waals surface area contributed by atoms with Crippen LogP contribution < -0.4 is 4.74 Å². The molecule has 0 saturated heterocycles. The van der Waals surface area contributed by atoms with Crippen LogP contribution in [-0.4, -0.2) is 12.2 Å². The molecule has 1 rings (SSSR count). The number of hydrogen-bond acceptors (Lipinski definition) is 2. The minimum atomic E-state index is -0.451. The van der Waals surface area contributed by atoms with Crippen molar-refractivity contribution in [3.05, 3.63) is 28.8 Å². The molecule has 0 aromatic heterocycles. The molecule has 84 valence electrons. The second-order valence-corrected chi connectivity index (χ2v) is 4.45. The molecule has 0 aliphatic rings. The SMILES string of the molecule is COc1ccc(C(O)CC(C)C)cc1Cl. The number of methoxy groups -OCH3 is 1. The van der Waals surface area contributed by atoms with Gasteiger partial charge in [-0.25, -0.2) is 0 Å². The Kier molecular flexibility index (Phi) is 4.43. The van der Waals surface area contributed by atoms with Gasteiger partial charge in [0.05, 0.1) is 18.2 Å². The molecule has 0 bridgehead atoms. The van der Waals surface area contributed by atoms with Gasteiger partial charge in [-0.15, -0.1) is 0 Å². The predicted molar refractivity (Wildman–Crippen MR) is 62.4 cm³/mol. The molecule has 0 spiro atoms. The highest BCUT2D eigenvalue weighted by Gasteiger charge is 2.11. The normalized spacial score (nSPS) is 12.9. The Balaban J connectivity index is 2.82. The molecule has 2 nitrogen and oxygen atoms in total. The molecule has 3 heteroatoms. The van der Waals surface area contributed by atoms with Gasteiger partial charge < -0.3 is 9.84 Å². The van der Waals surface area contributed by atoms with E-state index in [0.717, 1.165) is 12.0 Å². The number of ether oxygens (including phenoxy) is 1. The van der Waals surface area contributed by atoms with Gasteiger partial charge in [0, 0.05) is 0 Å². The Bertz CT molecular complexity index is 323. The first-order valence-electron chi connectivity index (χ1n) is 5.06. The average molecular weight is 229 g/mol. The van der Waals surface area contributed by atoms with Crippen LogP contribution >= 0.6 is 11.6 Å². The summed E-state index contributed by atoms with van der Waals surface area (Å²) in [7, 11) is 1.57. The molecular formula is C12H17ClO2. The van der Waals surface area contributed by atoms with Gasteiger partial charge in [0.2, 0.25) is 0 Å². The third-order valence-corrected chi connectivity index (χ3v) is 2.55. The first-order chi connectivity index (χ1) is 7.04. The Morgan fingerprint density at radius 3 is 2.53 bits per heavy atom. The lowest BCUT2D eigenvalue weighted by molar-refractivity contribution is 0.151. The molecule has 1 unspecified atom stereocenters. The summed E-state index contributed by atoms with van der Waals surface area (Å²) in [6.45, 7) is 4.16. The van der Waals surface area contributed by atoms with Crippen molar-refractivity contribution >= 4 is 11.6 Å². The van der Waals surface area contributed by atoms with Crippen molar-refractivity contribution in [2.45, 2.75) is 26.4 Å². The fraction of sp³-hybridized carbons (Fsp3) is 0.500. The summed E-state index contributed by atoms with van der Waals surface area (Å²) in [5.74, 6) is 1.10. The van der Waals surface area contributed by atoms with Gasteiger partial charge in [0.1, 0.15) is 5.75 Å². The molecule has 0 radical (unpaired) electrons. The third-order valence-electron chi connectivity index (χ3n) is 2.26. The average Bonchev–Trinajstić information content (AvgIpc) is 2.16. The van der Waals surface area contributed by atoms with Crippen molar-refractivity contribution in [1.82, 2.24) is 0 Å². The highest BCUT2D eigenvalue weighted by molar-refractivity contribution is 6.32. The zero-order valence-electron chi connectivity index (χ0n) is 9.33. The Morgan fingerprint density at radius 1 is 1.40 bits per heavy atom. The van der Waals surface area contributed by atoms with E-state index in [9.17, 15) is 5.11 Å². The number of aliphatic hydroxyl groups is 1. The fourth-order valence-electron chi connectivity index (χ4n) is 1.47. The largest absolute Gasteiger partial charge is 0.495 e. The standard InChI is InChI=1S/C12H17ClO2/c1-8(2)6-11(14)9-4-5-12(15-3)10(13)7-9/h4-5,7-8,11,14H,6H2,1-3H3. The molecule has 0 fully saturated rings. The highest BCUT2D eigenvalue weighted by Crippen LogP contribution is 2.29.